The maximum absolute atomic E-state index is 11.4. The molecule has 0 aliphatic rings. The van der Waals surface area contributed by atoms with E-state index >= 15 is 0 Å². The van der Waals surface area contributed by atoms with Gasteiger partial charge in [0.25, 0.3) is 0 Å². The predicted molar refractivity (Wildman–Crippen MR) is 129 cm³/mol. The van der Waals surface area contributed by atoms with Crippen molar-refractivity contribution >= 4 is 28.7 Å². The number of rotatable bonds is 7. The molecule has 0 saturated heterocycles. The summed E-state index contributed by atoms with van der Waals surface area (Å²) in [6.45, 7) is 8.77. The van der Waals surface area contributed by atoms with Crippen molar-refractivity contribution in [3.8, 4) is 5.75 Å². The summed E-state index contributed by atoms with van der Waals surface area (Å²) in [6.07, 6.45) is 0.804. The highest BCUT2D eigenvalue weighted by Gasteiger charge is 2.15. The lowest BCUT2D eigenvalue weighted by molar-refractivity contribution is 0.0696. The van der Waals surface area contributed by atoms with Crippen LogP contribution in [0.5, 0.6) is 5.75 Å². The molecule has 1 N–H and O–H groups in total. The first kappa shape index (κ1) is 22.8. The van der Waals surface area contributed by atoms with Gasteiger partial charge in [0, 0.05) is 12.1 Å². The van der Waals surface area contributed by atoms with E-state index in [0.717, 1.165) is 45.8 Å². The van der Waals surface area contributed by atoms with Gasteiger partial charge in [-0.1, -0.05) is 36.7 Å². The van der Waals surface area contributed by atoms with Gasteiger partial charge in [0.15, 0.2) is 5.65 Å². The van der Waals surface area contributed by atoms with Crippen molar-refractivity contribution in [2.75, 3.05) is 0 Å². The zero-order chi connectivity index (χ0) is 23.7. The van der Waals surface area contributed by atoms with Crippen LogP contribution in [0.25, 0.3) is 11.2 Å². The van der Waals surface area contributed by atoms with Gasteiger partial charge >= 0.3 is 5.97 Å². The maximum atomic E-state index is 11.4. The first-order valence-electron chi connectivity index (χ1n) is 10.8. The van der Waals surface area contributed by atoms with Gasteiger partial charge in [-0.2, -0.15) is 0 Å². The fraction of sp³-hybridized carbons (Fsp3) is 0.269. The van der Waals surface area contributed by atoms with E-state index in [1.54, 1.807) is 19.1 Å². The lowest BCUT2D eigenvalue weighted by Gasteiger charge is -2.13. The van der Waals surface area contributed by atoms with Crippen molar-refractivity contribution in [2.24, 2.45) is 0 Å². The number of aryl methyl sites for hydroxylation is 3. The lowest BCUT2D eigenvalue weighted by atomic mass is 10.0. The number of aromatic nitrogens is 3. The Balaban J connectivity index is 1.57. The van der Waals surface area contributed by atoms with Crippen LogP contribution in [0.1, 0.15) is 51.1 Å². The Morgan fingerprint density at radius 3 is 2.61 bits per heavy atom. The van der Waals surface area contributed by atoms with Crippen LogP contribution in [-0.4, -0.2) is 25.6 Å². The van der Waals surface area contributed by atoms with Crippen LogP contribution >= 0.6 is 11.6 Å². The highest BCUT2D eigenvalue weighted by molar-refractivity contribution is 6.32. The summed E-state index contributed by atoms with van der Waals surface area (Å²) in [5.74, 6) is 0.586. The number of hydrogen-bond acceptors (Lipinski definition) is 4. The second-order valence-electron chi connectivity index (χ2n) is 8.17. The van der Waals surface area contributed by atoms with Gasteiger partial charge in [-0.25, -0.2) is 14.8 Å². The van der Waals surface area contributed by atoms with Gasteiger partial charge < -0.3 is 14.4 Å². The number of hydrogen-bond donors (Lipinski definition) is 1. The van der Waals surface area contributed by atoms with E-state index in [2.05, 4.69) is 24.5 Å². The molecule has 0 unspecified atom stereocenters. The molecule has 0 aliphatic carbocycles. The summed E-state index contributed by atoms with van der Waals surface area (Å²) < 4.78 is 8.06. The quantitative estimate of drug-likeness (QED) is 0.369. The topological polar surface area (TPSA) is 77.2 Å². The van der Waals surface area contributed by atoms with Crippen LogP contribution in [0, 0.1) is 20.8 Å². The number of imidazole rings is 1. The van der Waals surface area contributed by atoms with Gasteiger partial charge in [-0.05, 0) is 67.3 Å². The number of benzene rings is 2. The Morgan fingerprint density at radius 1 is 1.12 bits per heavy atom. The normalized spacial score (nSPS) is 11.2. The summed E-state index contributed by atoms with van der Waals surface area (Å²) in [5.41, 5.74) is 6.70. The molecule has 0 atom stereocenters. The van der Waals surface area contributed by atoms with E-state index in [9.17, 15) is 9.90 Å². The first-order chi connectivity index (χ1) is 15.8. The molecule has 4 aromatic rings. The number of pyridine rings is 1. The van der Waals surface area contributed by atoms with Crippen LogP contribution in [-0.2, 0) is 19.6 Å². The Morgan fingerprint density at radius 2 is 1.91 bits per heavy atom. The summed E-state index contributed by atoms with van der Waals surface area (Å²) in [7, 11) is 0. The Bertz CT molecular complexity index is 1360. The van der Waals surface area contributed by atoms with Gasteiger partial charge in [-0.15, -0.1) is 0 Å². The van der Waals surface area contributed by atoms with Gasteiger partial charge in [0.2, 0.25) is 0 Å². The smallest absolute Gasteiger partial charge is 0.335 e. The number of aromatic carboxylic acids is 1. The molecule has 2 aromatic heterocycles. The minimum Gasteiger partial charge on any atom is -0.487 e. The summed E-state index contributed by atoms with van der Waals surface area (Å²) >= 11 is 6.54. The highest BCUT2D eigenvalue weighted by Crippen LogP contribution is 2.28. The standard InChI is InChI=1S/C26H26ClN3O3/c1-5-23-29-24-15(2)11-16(3)28-25(24)30(23)13-18-9-10-22(21(27)12-18)33-14-19-7-6-8-20(17(19)4)26(31)32/h6-12H,5,13-14H2,1-4H3,(H,31,32). The van der Waals surface area contributed by atoms with E-state index in [0.29, 0.717) is 22.9 Å². The Kier molecular flexibility index (Phi) is 6.38. The average molecular weight is 464 g/mol. The van der Waals surface area contributed by atoms with Crippen molar-refractivity contribution < 1.29 is 14.6 Å². The van der Waals surface area contributed by atoms with E-state index < -0.39 is 5.97 Å². The number of fused-ring (bicyclic) bond motifs is 1. The predicted octanol–water partition coefficient (Wildman–Crippen LogP) is 5.90. The minimum absolute atomic E-state index is 0.237. The van der Waals surface area contributed by atoms with Crippen molar-refractivity contribution in [3.05, 3.63) is 86.8 Å². The number of nitrogens with zero attached hydrogens (tertiary/aromatic N) is 3. The summed E-state index contributed by atoms with van der Waals surface area (Å²) in [6, 6.07) is 12.9. The average Bonchev–Trinajstić information content (AvgIpc) is 3.11. The van der Waals surface area contributed by atoms with Crippen LogP contribution in [0.15, 0.2) is 42.5 Å². The Labute approximate surface area is 197 Å². The number of carbonyl (C=O) groups is 1. The molecule has 0 spiro atoms. The van der Waals surface area contributed by atoms with E-state index in [-0.39, 0.29) is 12.2 Å². The number of halogens is 1. The van der Waals surface area contributed by atoms with Crippen LogP contribution in [0.4, 0.5) is 0 Å². The Hall–Kier alpha value is -3.38. The third-order valence-electron chi connectivity index (χ3n) is 5.81. The lowest BCUT2D eigenvalue weighted by Crippen LogP contribution is -2.06. The van der Waals surface area contributed by atoms with Gasteiger partial charge in [0.05, 0.1) is 17.1 Å². The summed E-state index contributed by atoms with van der Waals surface area (Å²) in [5, 5.41) is 9.82. The third kappa shape index (κ3) is 4.57. The van der Waals surface area contributed by atoms with Crippen molar-refractivity contribution in [2.45, 2.75) is 47.3 Å². The molecule has 0 radical (unpaired) electrons. The molecule has 0 fully saturated rings. The molecule has 170 valence electrons. The largest absolute Gasteiger partial charge is 0.487 e. The second kappa shape index (κ2) is 9.24. The van der Waals surface area contributed by atoms with Gasteiger partial charge in [0.1, 0.15) is 23.7 Å². The number of ether oxygens (including phenoxy) is 1. The minimum atomic E-state index is -0.949. The molecule has 2 aromatic carbocycles. The highest BCUT2D eigenvalue weighted by atomic mass is 35.5. The van der Waals surface area contributed by atoms with Crippen molar-refractivity contribution in [1.29, 1.82) is 0 Å². The van der Waals surface area contributed by atoms with Gasteiger partial charge in [-0.3, -0.25) is 0 Å². The maximum Gasteiger partial charge on any atom is 0.335 e. The molecule has 0 saturated carbocycles. The molecule has 6 nitrogen and oxygen atoms in total. The number of carboxylic acid groups (broad SMARTS) is 1. The molecule has 0 bridgehead atoms. The molecule has 0 amide bonds. The monoisotopic (exact) mass is 463 g/mol. The molecule has 0 aliphatic heterocycles. The SMILES string of the molecule is CCc1nc2c(C)cc(C)nc2n1Cc1ccc(OCc2cccc(C(=O)O)c2C)c(Cl)c1. The fourth-order valence-corrected chi connectivity index (χ4v) is 4.31. The third-order valence-corrected chi connectivity index (χ3v) is 6.11. The van der Waals surface area contributed by atoms with E-state index in [4.69, 9.17) is 26.3 Å². The molecular formula is C26H26ClN3O3. The zero-order valence-electron chi connectivity index (χ0n) is 19.1. The van der Waals surface area contributed by atoms with E-state index in [1.165, 1.54) is 0 Å². The van der Waals surface area contributed by atoms with Crippen LogP contribution in [0.2, 0.25) is 5.02 Å². The molecule has 4 rings (SSSR count). The first-order valence-corrected chi connectivity index (χ1v) is 11.2. The zero-order valence-corrected chi connectivity index (χ0v) is 19.9. The van der Waals surface area contributed by atoms with Crippen molar-refractivity contribution in [1.82, 2.24) is 14.5 Å². The van der Waals surface area contributed by atoms with Crippen LogP contribution < -0.4 is 4.74 Å². The molecule has 33 heavy (non-hydrogen) atoms. The molecule has 2 heterocycles. The fourth-order valence-electron chi connectivity index (χ4n) is 4.05. The second-order valence-corrected chi connectivity index (χ2v) is 8.58. The van der Waals surface area contributed by atoms with Crippen LogP contribution in [0.3, 0.4) is 0 Å². The molecule has 7 heteroatoms. The van der Waals surface area contributed by atoms with Crippen molar-refractivity contribution in [3.63, 3.8) is 0 Å². The number of carboxylic acids is 1. The summed E-state index contributed by atoms with van der Waals surface area (Å²) in [4.78, 5) is 20.9. The molecular weight excluding hydrogens is 438 g/mol. The van der Waals surface area contributed by atoms with E-state index in [1.807, 2.05) is 31.2 Å².